The summed E-state index contributed by atoms with van der Waals surface area (Å²) in [5.41, 5.74) is 10.5. The van der Waals surface area contributed by atoms with Crippen molar-refractivity contribution in [2.75, 3.05) is 13.1 Å². The van der Waals surface area contributed by atoms with Crippen molar-refractivity contribution in [3.05, 3.63) is 0 Å². The van der Waals surface area contributed by atoms with E-state index >= 15 is 0 Å². The van der Waals surface area contributed by atoms with E-state index in [1.54, 1.807) is 0 Å². The zero-order chi connectivity index (χ0) is 22.7. The number of primary amides is 1. The van der Waals surface area contributed by atoms with E-state index in [0.717, 1.165) is 13.0 Å². The highest BCUT2D eigenvalue weighted by Gasteiger charge is 2.30. The summed E-state index contributed by atoms with van der Waals surface area (Å²) in [7, 11) is 0. The molecule has 1 saturated heterocycles. The van der Waals surface area contributed by atoms with Crippen molar-refractivity contribution in [2.24, 2.45) is 11.5 Å². The van der Waals surface area contributed by atoms with Crippen LogP contribution in [0.15, 0.2) is 0 Å². The highest BCUT2D eigenvalue weighted by atomic mass is 16.4. The smallest absolute Gasteiger partial charge is 0.326 e. The van der Waals surface area contributed by atoms with Gasteiger partial charge in [-0.25, -0.2) is 4.79 Å². The molecule has 170 valence electrons. The number of carbonyl (C=O) groups excluding carboxylic acids is 4. The highest BCUT2D eigenvalue weighted by Crippen LogP contribution is 2.06. The number of aliphatic carboxylic acids is 1. The average molecular weight is 428 g/mol. The van der Waals surface area contributed by atoms with Crippen LogP contribution in [0, 0.1) is 0 Å². The van der Waals surface area contributed by atoms with Crippen LogP contribution < -0.4 is 32.7 Å². The van der Waals surface area contributed by atoms with E-state index in [1.165, 1.54) is 6.92 Å². The summed E-state index contributed by atoms with van der Waals surface area (Å²) in [5, 5.41) is 19.5. The van der Waals surface area contributed by atoms with Crippen molar-refractivity contribution in [1.29, 1.82) is 0 Å². The molecule has 1 aliphatic heterocycles. The summed E-state index contributed by atoms with van der Waals surface area (Å²) in [5.74, 6) is -3.97. The molecule has 1 fully saturated rings. The van der Waals surface area contributed by atoms with Crippen molar-refractivity contribution >= 4 is 29.6 Å². The molecule has 0 aromatic heterocycles. The van der Waals surface area contributed by atoms with E-state index in [-0.39, 0.29) is 18.4 Å². The molecule has 30 heavy (non-hydrogen) atoms. The summed E-state index contributed by atoms with van der Waals surface area (Å²) in [6.45, 7) is 2.55. The van der Waals surface area contributed by atoms with Gasteiger partial charge in [-0.2, -0.15) is 0 Å². The van der Waals surface area contributed by atoms with Gasteiger partial charge in [-0.15, -0.1) is 0 Å². The number of nitrogens with one attached hydrogen (secondary N) is 4. The van der Waals surface area contributed by atoms with Crippen LogP contribution in [-0.2, 0) is 24.0 Å². The van der Waals surface area contributed by atoms with Gasteiger partial charge in [0, 0.05) is 0 Å². The predicted molar refractivity (Wildman–Crippen MR) is 107 cm³/mol. The number of nitrogens with two attached hydrogens (primary N) is 2. The molecule has 0 bridgehead atoms. The number of carbonyl (C=O) groups is 5. The van der Waals surface area contributed by atoms with Gasteiger partial charge < -0.3 is 37.8 Å². The molecule has 1 rings (SSSR count). The van der Waals surface area contributed by atoms with Crippen molar-refractivity contribution in [2.45, 2.75) is 69.6 Å². The summed E-state index contributed by atoms with van der Waals surface area (Å²) in [4.78, 5) is 59.7. The second kappa shape index (κ2) is 12.8. The van der Waals surface area contributed by atoms with Crippen LogP contribution >= 0.6 is 0 Å². The number of hydrogen-bond acceptors (Lipinski definition) is 7. The van der Waals surface area contributed by atoms with Gasteiger partial charge in [-0.3, -0.25) is 19.2 Å². The zero-order valence-electron chi connectivity index (χ0n) is 17.1. The third kappa shape index (κ3) is 8.74. The molecule has 4 unspecified atom stereocenters. The Bertz CT molecular complexity index is 637. The van der Waals surface area contributed by atoms with Gasteiger partial charge in [0.15, 0.2) is 0 Å². The molecule has 12 heteroatoms. The normalized spacial score (nSPS) is 18.7. The maximum absolute atomic E-state index is 12.5. The fourth-order valence-corrected chi connectivity index (χ4v) is 3.02. The Labute approximate surface area is 174 Å². The number of amides is 4. The van der Waals surface area contributed by atoms with E-state index in [2.05, 4.69) is 21.3 Å². The quantitative estimate of drug-likeness (QED) is 0.153. The van der Waals surface area contributed by atoms with Gasteiger partial charge in [0.1, 0.15) is 18.1 Å². The van der Waals surface area contributed by atoms with Gasteiger partial charge in [-0.1, -0.05) is 0 Å². The molecular weight excluding hydrogens is 396 g/mol. The Morgan fingerprint density at radius 1 is 1.07 bits per heavy atom. The van der Waals surface area contributed by atoms with E-state index < -0.39 is 48.2 Å². The lowest BCUT2D eigenvalue weighted by molar-refractivity contribution is -0.142. The molecular formula is C18H32N6O6. The van der Waals surface area contributed by atoms with Gasteiger partial charge in [-0.05, 0) is 52.1 Å². The first-order valence-corrected chi connectivity index (χ1v) is 10.0. The van der Waals surface area contributed by atoms with Crippen LogP contribution in [-0.4, -0.2) is 72.0 Å². The first kappa shape index (κ1) is 25.3. The lowest BCUT2D eigenvalue weighted by Gasteiger charge is -2.23. The Balaban J connectivity index is 2.70. The standard InChI is InChI=1S/C18H32N6O6/c1-10(22-16(27)11-6-4-8-21-11)15(26)24-13(9-14(20)25)17(28)23-12(18(29)30)5-2-3-7-19/h10-13,21H,2-9,19H2,1H3,(H2,20,25)(H,22,27)(H,23,28)(H,24,26)(H,29,30). The maximum Gasteiger partial charge on any atom is 0.326 e. The van der Waals surface area contributed by atoms with E-state index in [4.69, 9.17) is 11.5 Å². The highest BCUT2D eigenvalue weighted by molar-refractivity contribution is 5.95. The number of hydrogen-bond donors (Lipinski definition) is 7. The number of carboxylic acid groups (broad SMARTS) is 1. The van der Waals surface area contributed by atoms with Crippen LogP contribution in [0.1, 0.15) is 45.4 Å². The minimum Gasteiger partial charge on any atom is -0.480 e. The van der Waals surface area contributed by atoms with Crippen LogP contribution in [0.25, 0.3) is 0 Å². The first-order chi connectivity index (χ1) is 14.1. The zero-order valence-corrected chi connectivity index (χ0v) is 17.1. The fourth-order valence-electron chi connectivity index (χ4n) is 3.02. The van der Waals surface area contributed by atoms with Crippen LogP contribution in [0.2, 0.25) is 0 Å². The second-order valence-corrected chi connectivity index (χ2v) is 7.29. The Morgan fingerprint density at radius 2 is 1.73 bits per heavy atom. The fraction of sp³-hybridized carbons (Fsp3) is 0.722. The topological polar surface area (TPSA) is 206 Å². The third-order valence-corrected chi connectivity index (χ3v) is 4.73. The van der Waals surface area contributed by atoms with Gasteiger partial charge in [0.05, 0.1) is 12.5 Å². The predicted octanol–water partition coefficient (Wildman–Crippen LogP) is -2.70. The van der Waals surface area contributed by atoms with Crippen molar-refractivity contribution < 1.29 is 29.1 Å². The van der Waals surface area contributed by atoms with Gasteiger partial charge in [0.2, 0.25) is 23.6 Å². The Kier molecular flexibility index (Phi) is 10.8. The van der Waals surface area contributed by atoms with Crippen LogP contribution in [0.4, 0.5) is 0 Å². The Hall–Kier alpha value is -2.73. The number of carboxylic acids is 1. The number of unbranched alkanes of at least 4 members (excludes halogenated alkanes) is 1. The first-order valence-electron chi connectivity index (χ1n) is 10.0. The molecule has 1 heterocycles. The molecule has 4 amide bonds. The van der Waals surface area contributed by atoms with Crippen molar-refractivity contribution in [1.82, 2.24) is 21.3 Å². The molecule has 0 aromatic rings. The lowest BCUT2D eigenvalue weighted by atomic mass is 10.1. The van der Waals surface area contributed by atoms with Crippen molar-refractivity contribution in [3.8, 4) is 0 Å². The minimum absolute atomic E-state index is 0.149. The lowest BCUT2D eigenvalue weighted by Crippen LogP contribution is -2.57. The monoisotopic (exact) mass is 428 g/mol. The summed E-state index contributed by atoms with van der Waals surface area (Å²) < 4.78 is 0. The molecule has 0 spiro atoms. The van der Waals surface area contributed by atoms with Crippen molar-refractivity contribution in [3.63, 3.8) is 0 Å². The summed E-state index contributed by atoms with van der Waals surface area (Å²) >= 11 is 0. The molecule has 12 nitrogen and oxygen atoms in total. The van der Waals surface area contributed by atoms with Gasteiger partial charge in [0.25, 0.3) is 0 Å². The largest absolute Gasteiger partial charge is 0.480 e. The van der Waals surface area contributed by atoms with E-state index in [1.807, 2.05) is 0 Å². The molecule has 0 saturated carbocycles. The third-order valence-electron chi connectivity index (χ3n) is 4.73. The molecule has 9 N–H and O–H groups in total. The summed E-state index contributed by atoms with van der Waals surface area (Å²) in [6, 6.07) is -3.91. The van der Waals surface area contributed by atoms with Crippen LogP contribution in [0.3, 0.4) is 0 Å². The molecule has 1 aliphatic rings. The minimum atomic E-state index is -1.37. The van der Waals surface area contributed by atoms with Gasteiger partial charge >= 0.3 is 5.97 Å². The van der Waals surface area contributed by atoms with E-state index in [9.17, 15) is 29.1 Å². The molecule has 0 aromatic carbocycles. The molecule has 0 radical (unpaired) electrons. The SMILES string of the molecule is CC(NC(=O)C1CCCN1)C(=O)NC(CC(N)=O)C(=O)NC(CCCCN)C(=O)O. The Morgan fingerprint density at radius 3 is 2.27 bits per heavy atom. The molecule has 0 aliphatic carbocycles. The maximum atomic E-state index is 12.5. The average Bonchev–Trinajstić information content (AvgIpc) is 3.21. The van der Waals surface area contributed by atoms with E-state index in [0.29, 0.717) is 25.8 Å². The second-order valence-electron chi connectivity index (χ2n) is 7.29. The summed E-state index contributed by atoms with van der Waals surface area (Å²) in [6.07, 6.45) is 2.23. The number of rotatable bonds is 13. The molecule has 4 atom stereocenters. The van der Waals surface area contributed by atoms with Crippen LogP contribution in [0.5, 0.6) is 0 Å².